The Morgan fingerprint density at radius 1 is 0.583 bits per heavy atom. The first-order valence-corrected chi connectivity index (χ1v) is 7.90. The topological polar surface area (TPSA) is 21.3 Å². The lowest BCUT2D eigenvalue weighted by atomic mass is 10.2. The molecule has 0 fully saturated rings. The van der Waals surface area contributed by atoms with E-state index in [0.29, 0.717) is 6.61 Å². The van der Waals surface area contributed by atoms with E-state index < -0.39 is 0 Å². The van der Waals surface area contributed by atoms with Gasteiger partial charge in [0.15, 0.2) is 0 Å². The molecule has 124 valence electrons. The van der Waals surface area contributed by atoms with Crippen LogP contribution in [-0.4, -0.2) is 0 Å². The third-order valence-electron chi connectivity index (χ3n) is 3.67. The molecule has 0 aliphatic carbocycles. The second kappa shape index (κ2) is 9.76. The van der Waals surface area contributed by atoms with Crippen molar-refractivity contribution in [3.8, 4) is 5.75 Å². The predicted octanol–water partition coefficient (Wildman–Crippen LogP) is 4.98. The second-order valence-electron chi connectivity index (χ2n) is 5.51. The van der Waals surface area contributed by atoms with Gasteiger partial charge in [-0.2, -0.15) is 0 Å². The summed E-state index contributed by atoms with van der Waals surface area (Å²) >= 11 is 0. The molecule has 0 aliphatic heterocycles. The van der Waals surface area contributed by atoms with Crippen molar-refractivity contribution in [2.45, 2.75) is 19.7 Å². The molecule has 0 heterocycles. The lowest BCUT2D eigenvalue weighted by molar-refractivity contribution is 0.306. The highest BCUT2D eigenvalue weighted by molar-refractivity contribution is 5.85. The van der Waals surface area contributed by atoms with Crippen LogP contribution >= 0.6 is 12.4 Å². The van der Waals surface area contributed by atoms with Gasteiger partial charge in [0.25, 0.3) is 0 Å². The first-order chi connectivity index (χ1) is 11.4. The van der Waals surface area contributed by atoms with Crippen molar-refractivity contribution >= 4 is 12.4 Å². The van der Waals surface area contributed by atoms with Crippen LogP contribution < -0.4 is 10.1 Å². The van der Waals surface area contributed by atoms with Crippen molar-refractivity contribution in [2.75, 3.05) is 0 Å². The number of hydrogen-bond acceptors (Lipinski definition) is 2. The summed E-state index contributed by atoms with van der Waals surface area (Å²) in [4.78, 5) is 0. The molecule has 3 rings (SSSR count). The molecule has 24 heavy (non-hydrogen) atoms. The maximum Gasteiger partial charge on any atom is 0.119 e. The number of ether oxygens (including phenoxy) is 1. The summed E-state index contributed by atoms with van der Waals surface area (Å²) in [5, 5.41) is 3.45. The maximum atomic E-state index is 5.80. The van der Waals surface area contributed by atoms with Gasteiger partial charge in [-0.25, -0.2) is 0 Å². The Bertz CT molecular complexity index is 699. The summed E-state index contributed by atoms with van der Waals surface area (Å²) in [6.07, 6.45) is 0. The third kappa shape index (κ3) is 5.73. The molecule has 0 bridgehead atoms. The Hall–Kier alpha value is -2.29. The molecule has 0 radical (unpaired) electrons. The molecule has 0 atom stereocenters. The van der Waals surface area contributed by atoms with Crippen LogP contribution in [0.3, 0.4) is 0 Å². The minimum Gasteiger partial charge on any atom is -0.489 e. The number of hydrogen-bond donors (Lipinski definition) is 1. The number of nitrogens with one attached hydrogen (secondary N) is 1. The fourth-order valence-corrected chi connectivity index (χ4v) is 2.39. The summed E-state index contributed by atoms with van der Waals surface area (Å²) < 4.78 is 5.80. The monoisotopic (exact) mass is 339 g/mol. The van der Waals surface area contributed by atoms with Gasteiger partial charge in [-0.15, -0.1) is 12.4 Å². The summed E-state index contributed by atoms with van der Waals surface area (Å²) in [7, 11) is 0. The Morgan fingerprint density at radius 3 is 1.67 bits per heavy atom. The lowest BCUT2D eigenvalue weighted by Crippen LogP contribution is -2.12. The average molecular weight is 340 g/mol. The number of benzene rings is 3. The van der Waals surface area contributed by atoms with Crippen molar-refractivity contribution in [1.82, 2.24) is 5.32 Å². The van der Waals surface area contributed by atoms with Crippen LogP contribution in [0.2, 0.25) is 0 Å². The highest BCUT2D eigenvalue weighted by atomic mass is 35.5. The van der Waals surface area contributed by atoms with Crippen LogP contribution in [0.25, 0.3) is 0 Å². The predicted molar refractivity (Wildman–Crippen MR) is 101 cm³/mol. The molecular formula is C21H22ClNO. The molecule has 0 unspecified atom stereocenters. The van der Waals surface area contributed by atoms with E-state index in [9.17, 15) is 0 Å². The molecule has 0 spiro atoms. The van der Waals surface area contributed by atoms with Crippen molar-refractivity contribution in [1.29, 1.82) is 0 Å². The Kier molecular flexibility index (Phi) is 7.34. The van der Waals surface area contributed by atoms with Crippen LogP contribution in [-0.2, 0) is 19.7 Å². The fraction of sp³-hybridized carbons (Fsp3) is 0.143. The van der Waals surface area contributed by atoms with Crippen molar-refractivity contribution < 1.29 is 4.74 Å². The number of halogens is 1. The Labute approximate surface area is 149 Å². The smallest absolute Gasteiger partial charge is 0.119 e. The summed E-state index contributed by atoms with van der Waals surface area (Å²) in [5.41, 5.74) is 3.74. The van der Waals surface area contributed by atoms with Crippen LogP contribution in [0.4, 0.5) is 0 Å². The van der Waals surface area contributed by atoms with Crippen molar-refractivity contribution in [3.63, 3.8) is 0 Å². The molecule has 3 heteroatoms. The van der Waals surface area contributed by atoms with Crippen molar-refractivity contribution in [2.24, 2.45) is 0 Å². The zero-order valence-corrected chi connectivity index (χ0v) is 14.3. The van der Waals surface area contributed by atoms with Gasteiger partial charge in [-0.3, -0.25) is 0 Å². The molecule has 0 aliphatic rings. The summed E-state index contributed by atoms with van der Waals surface area (Å²) in [5.74, 6) is 0.903. The minimum absolute atomic E-state index is 0. The first kappa shape index (κ1) is 18.1. The van der Waals surface area contributed by atoms with E-state index in [1.807, 2.05) is 36.4 Å². The van der Waals surface area contributed by atoms with E-state index in [1.165, 1.54) is 16.7 Å². The molecule has 0 aromatic heterocycles. The zero-order valence-electron chi connectivity index (χ0n) is 13.5. The zero-order chi connectivity index (χ0) is 15.7. The van der Waals surface area contributed by atoms with Crippen LogP contribution in [0.1, 0.15) is 16.7 Å². The van der Waals surface area contributed by atoms with Gasteiger partial charge in [0.2, 0.25) is 0 Å². The highest BCUT2D eigenvalue weighted by Gasteiger charge is 1.98. The fourth-order valence-electron chi connectivity index (χ4n) is 2.39. The van der Waals surface area contributed by atoms with E-state index >= 15 is 0 Å². The molecule has 3 aromatic carbocycles. The first-order valence-electron chi connectivity index (χ1n) is 7.90. The Morgan fingerprint density at radius 2 is 1.08 bits per heavy atom. The van der Waals surface area contributed by atoms with E-state index in [4.69, 9.17) is 4.74 Å². The number of rotatable bonds is 7. The van der Waals surface area contributed by atoms with Gasteiger partial charge in [-0.05, 0) is 28.8 Å². The highest BCUT2D eigenvalue weighted by Crippen LogP contribution is 2.14. The van der Waals surface area contributed by atoms with Gasteiger partial charge in [0.1, 0.15) is 12.4 Å². The van der Waals surface area contributed by atoms with Gasteiger partial charge in [-0.1, -0.05) is 72.8 Å². The largest absolute Gasteiger partial charge is 0.489 e. The van der Waals surface area contributed by atoms with E-state index in [0.717, 1.165) is 18.8 Å². The van der Waals surface area contributed by atoms with Gasteiger partial charge in [0.05, 0.1) is 0 Å². The molecule has 0 amide bonds. The van der Waals surface area contributed by atoms with E-state index in [-0.39, 0.29) is 12.4 Å². The Balaban J connectivity index is 0.00000208. The average Bonchev–Trinajstić information content (AvgIpc) is 2.63. The lowest BCUT2D eigenvalue weighted by Gasteiger charge is -2.08. The van der Waals surface area contributed by atoms with Gasteiger partial charge in [0, 0.05) is 13.1 Å². The summed E-state index contributed by atoms with van der Waals surface area (Å²) in [6.45, 7) is 2.34. The molecule has 1 N–H and O–H groups in total. The second-order valence-corrected chi connectivity index (χ2v) is 5.51. The summed E-state index contributed by atoms with van der Waals surface area (Å²) in [6, 6.07) is 28.9. The van der Waals surface area contributed by atoms with Gasteiger partial charge >= 0.3 is 0 Å². The molecule has 2 nitrogen and oxygen atoms in total. The van der Waals surface area contributed by atoms with E-state index in [1.54, 1.807) is 0 Å². The van der Waals surface area contributed by atoms with Crippen LogP contribution in [0.5, 0.6) is 5.75 Å². The van der Waals surface area contributed by atoms with E-state index in [2.05, 4.69) is 53.8 Å². The molecular weight excluding hydrogens is 318 g/mol. The molecule has 0 saturated carbocycles. The normalized spacial score (nSPS) is 10.0. The quantitative estimate of drug-likeness (QED) is 0.655. The molecule has 0 saturated heterocycles. The maximum absolute atomic E-state index is 5.80. The van der Waals surface area contributed by atoms with Crippen LogP contribution in [0.15, 0.2) is 84.9 Å². The van der Waals surface area contributed by atoms with Crippen LogP contribution in [0, 0.1) is 0 Å². The SMILES string of the molecule is Cl.c1ccc(CNCc2ccc(OCc3ccccc3)cc2)cc1. The minimum atomic E-state index is 0. The van der Waals surface area contributed by atoms with Crippen molar-refractivity contribution in [3.05, 3.63) is 102 Å². The standard InChI is InChI=1S/C21H21NO.ClH/c1-3-7-18(8-4-1)15-22-16-19-11-13-21(14-12-19)23-17-20-9-5-2-6-10-20;/h1-14,22H,15-17H2;1H. The third-order valence-corrected chi connectivity index (χ3v) is 3.67. The van der Waals surface area contributed by atoms with Gasteiger partial charge < -0.3 is 10.1 Å². The molecule has 3 aromatic rings.